The van der Waals surface area contributed by atoms with E-state index in [4.69, 9.17) is 11.6 Å². The normalized spacial score (nSPS) is 16.3. The molecule has 0 spiro atoms. The molecular weight excluding hydrogens is 470 g/mol. The Hall–Kier alpha value is -2.89. The molecule has 1 atom stereocenters. The summed E-state index contributed by atoms with van der Waals surface area (Å²) in [4.78, 5) is 13.1. The molecule has 4 rings (SSSR count). The Morgan fingerprint density at radius 1 is 1.17 bits per heavy atom. The number of anilines is 1. The van der Waals surface area contributed by atoms with Crippen LogP contribution in [0.3, 0.4) is 0 Å². The van der Waals surface area contributed by atoms with Crippen molar-refractivity contribution in [2.24, 2.45) is 7.05 Å². The first-order chi connectivity index (χ1) is 14.3. The van der Waals surface area contributed by atoms with Crippen LogP contribution in [0.25, 0.3) is 16.7 Å². The van der Waals surface area contributed by atoms with Crippen LogP contribution in [-0.4, -0.2) is 37.1 Å². The molecule has 9 heteroatoms. The standard InChI is InChI=1S/C21H15AsClFN4O2/c1-26-12-16(11-25-26)14-4-7-18(19(8-14)28(29)30)27-20(22)9-15(10-21(27)23)13-2-5-17(24)6-3-13/h2-12,21H,1H3. The molecule has 1 aliphatic heterocycles. The van der Waals surface area contributed by atoms with Gasteiger partial charge in [0.25, 0.3) is 0 Å². The number of hydrogen-bond acceptors (Lipinski definition) is 4. The van der Waals surface area contributed by atoms with E-state index in [2.05, 4.69) is 22.0 Å². The Morgan fingerprint density at radius 3 is 2.47 bits per heavy atom. The molecule has 2 heterocycles. The first kappa shape index (κ1) is 20.4. The summed E-state index contributed by atoms with van der Waals surface area (Å²) in [6.07, 6.45) is 7.09. The van der Waals surface area contributed by atoms with Crippen molar-refractivity contribution in [2.75, 3.05) is 4.90 Å². The van der Waals surface area contributed by atoms with Crippen molar-refractivity contribution in [3.8, 4) is 11.1 Å². The van der Waals surface area contributed by atoms with Crippen molar-refractivity contribution in [1.82, 2.24) is 9.78 Å². The van der Waals surface area contributed by atoms with Crippen LogP contribution in [0.5, 0.6) is 0 Å². The Kier molecular flexibility index (Phi) is 5.50. The second-order valence-electron chi connectivity index (χ2n) is 6.74. The quantitative estimate of drug-likeness (QED) is 0.178. The zero-order chi connectivity index (χ0) is 21.4. The molecule has 1 aliphatic rings. The van der Waals surface area contributed by atoms with Gasteiger partial charge in [0, 0.05) is 0 Å². The predicted molar refractivity (Wildman–Crippen MR) is 116 cm³/mol. The third kappa shape index (κ3) is 3.91. The van der Waals surface area contributed by atoms with Gasteiger partial charge in [-0.15, -0.1) is 0 Å². The molecule has 0 aliphatic carbocycles. The fourth-order valence-electron chi connectivity index (χ4n) is 3.31. The number of rotatable bonds is 4. The van der Waals surface area contributed by atoms with Crippen molar-refractivity contribution in [3.63, 3.8) is 0 Å². The van der Waals surface area contributed by atoms with Crippen molar-refractivity contribution < 1.29 is 9.31 Å². The second-order valence-corrected chi connectivity index (χ2v) is 8.15. The third-order valence-corrected chi connectivity index (χ3v) is 5.79. The van der Waals surface area contributed by atoms with Crippen LogP contribution in [0.15, 0.2) is 71.5 Å². The molecule has 0 bridgehead atoms. The first-order valence-corrected chi connectivity index (χ1v) is 10.3. The Balaban J connectivity index is 1.72. The molecule has 0 saturated carbocycles. The van der Waals surface area contributed by atoms with Crippen LogP contribution in [0.1, 0.15) is 5.56 Å². The maximum absolute atomic E-state index is 13.2. The third-order valence-electron chi connectivity index (χ3n) is 4.74. The van der Waals surface area contributed by atoms with Crippen molar-refractivity contribution in [1.29, 1.82) is 0 Å². The topological polar surface area (TPSA) is 64.2 Å². The summed E-state index contributed by atoms with van der Waals surface area (Å²) >= 11 is 9.00. The number of benzene rings is 2. The van der Waals surface area contributed by atoms with E-state index in [1.54, 1.807) is 53.3 Å². The Morgan fingerprint density at radius 2 is 1.87 bits per heavy atom. The molecule has 1 unspecified atom stereocenters. The Labute approximate surface area is 185 Å². The molecule has 0 saturated heterocycles. The van der Waals surface area contributed by atoms with Crippen LogP contribution in [0, 0.1) is 15.9 Å². The number of nitrogens with zero attached hydrogens (tertiary/aromatic N) is 4. The summed E-state index contributed by atoms with van der Waals surface area (Å²) in [5.74, 6) is -0.319. The van der Waals surface area contributed by atoms with Crippen LogP contribution >= 0.6 is 11.6 Å². The Bertz CT molecular complexity index is 1190. The minimum atomic E-state index is -0.656. The summed E-state index contributed by atoms with van der Waals surface area (Å²) in [7, 11) is 1.79. The van der Waals surface area contributed by atoms with Gasteiger partial charge in [0.15, 0.2) is 0 Å². The summed E-state index contributed by atoms with van der Waals surface area (Å²) in [6.45, 7) is 0. The summed E-state index contributed by atoms with van der Waals surface area (Å²) in [5, 5.41) is 15.9. The zero-order valence-electron chi connectivity index (χ0n) is 15.7. The van der Waals surface area contributed by atoms with Crippen LogP contribution in [-0.2, 0) is 7.05 Å². The van der Waals surface area contributed by atoms with E-state index in [1.807, 2.05) is 12.1 Å². The monoisotopic (exact) mass is 484 g/mol. The molecule has 2 aromatic carbocycles. The van der Waals surface area contributed by atoms with Gasteiger partial charge in [0.1, 0.15) is 0 Å². The molecule has 30 heavy (non-hydrogen) atoms. The second kappa shape index (κ2) is 8.09. The molecule has 2 radical (unpaired) electrons. The number of allylic oxidation sites excluding steroid dienone is 2. The summed E-state index contributed by atoms with van der Waals surface area (Å²) in [6, 6.07) is 11.1. The molecule has 0 amide bonds. The SMILES string of the molecule is Cn1cc(-c2ccc(N3C([As])=CC(c4ccc(F)cc4)=CC3Cl)c([N+](=O)[O-])c2)cn1. The molecular formula is C21H15AsClFN4O2. The number of aromatic nitrogens is 2. The van der Waals surface area contributed by atoms with E-state index in [0.717, 1.165) is 16.7 Å². The number of alkyl halides is 1. The van der Waals surface area contributed by atoms with Gasteiger partial charge in [-0.1, -0.05) is 0 Å². The molecule has 150 valence electrons. The van der Waals surface area contributed by atoms with Gasteiger partial charge in [-0.2, -0.15) is 0 Å². The fraction of sp³-hybridized carbons (Fsp3) is 0.0952. The van der Waals surface area contributed by atoms with Gasteiger partial charge >= 0.3 is 186 Å². The first-order valence-electron chi connectivity index (χ1n) is 8.92. The fourth-order valence-corrected chi connectivity index (χ4v) is 4.58. The van der Waals surface area contributed by atoms with E-state index in [0.29, 0.717) is 15.7 Å². The average molecular weight is 485 g/mol. The van der Waals surface area contributed by atoms with Gasteiger partial charge in [0.05, 0.1) is 0 Å². The van der Waals surface area contributed by atoms with E-state index < -0.39 is 10.4 Å². The number of hydrogen-bond donors (Lipinski definition) is 0. The molecule has 0 N–H and O–H groups in total. The van der Waals surface area contributed by atoms with Crippen molar-refractivity contribution in [2.45, 2.75) is 5.50 Å². The van der Waals surface area contributed by atoms with Gasteiger partial charge in [-0.25, -0.2) is 0 Å². The van der Waals surface area contributed by atoms with E-state index in [-0.39, 0.29) is 11.5 Å². The maximum atomic E-state index is 13.2. The number of nitro groups is 1. The average Bonchev–Trinajstić information content (AvgIpc) is 3.14. The van der Waals surface area contributed by atoms with Crippen LogP contribution in [0.4, 0.5) is 15.8 Å². The summed E-state index contributed by atoms with van der Waals surface area (Å²) in [5.41, 5.74) is 2.78. The summed E-state index contributed by atoms with van der Waals surface area (Å²) < 4.78 is 15.5. The van der Waals surface area contributed by atoms with Gasteiger partial charge < -0.3 is 0 Å². The van der Waals surface area contributed by atoms with Crippen molar-refractivity contribution in [3.05, 3.63) is 93.0 Å². The molecule has 1 aromatic heterocycles. The van der Waals surface area contributed by atoms with E-state index in [1.165, 1.54) is 18.2 Å². The molecule has 6 nitrogen and oxygen atoms in total. The predicted octanol–water partition coefficient (Wildman–Crippen LogP) is 4.61. The number of halogens is 2. The number of aryl methyl sites for hydroxylation is 1. The van der Waals surface area contributed by atoms with E-state index >= 15 is 0 Å². The van der Waals surface area contributed by atoms with Crippen LogP contribution < -0.4 is 4.90 Å². The van der Waals surface area contributed by atoms with E-state index in [9.17, 15) is 14.5 Å². The minimum absolute atomic E-state index is 0.0578. The van der Waals surface area contributed by atoms with Gasteiger partial charge in [0.2, 0.25) is 0 Å². The molecule has 3 aromatic rings. The number of nitro benzene ring substituents is 1. The zero-order valence-corrected chi connectivity index (χ0v) is 18.4. The van der Waals surface area contributed by atoms with Crippen LogP contribution in [0.2, 0.25) is 0 Å². The van der Waals surface area contributed by atoms with Gasteiger partial charge in [-0.3, -0.25) is 0 Å². The molecule has 0 fully saturated rings. The van der Waals surface area contributed by atoms with Gasteiger partial charge in [-0.05, 0) is 0 Å². The van der Waals surface area contributed by atoms with Crippen molar-refractivity contribution >= 4 is 45.4 Å².